The molecule has 166 valence electrons. The van der Waals surface area contributed by atoms with Gasteiger partial charge in [0.1, 0.15) is 0 Å². The van der Waals surface area contributed by atoms with E-state index in [9.17, 15) is 14.4 Å². The van der Waals surface area contributed by atoms with E-state index < -0.39 is 0 Å². The Morgan fingerprint density at radius 3 is 2.13 bits per heavy atom. The Morgan fingerprint density at radius 2 is 1.55 bits per heavy atom. The molecule has 7 heteroatoms. The van der Waals surface area contributed by atoms with Gasteiger partial charge in [0.25, 0.3) is 5.91 Å². The molecule has 0 bridgehead atoms. The molecule has 0 radical (unpaired) electrons. The number of carbonyl (C=O) groups excluding carboxylic acids is 3. The van der Waals surface area contributed by atoms with Gasteiger partial charge in [-0.2, -0.15) is 0 Å². The molecule has 0 aliphatic rings. The molecule has 3 amide bonds. The van der Waals surface area contributed by atoms with Crippen LogP contribution >= 0.6 is 0 Å². The fourth-order valence-electron chi connectivity index (χ4n) is 2.77. The van der Waals surface area contributed by atoms with Crippen LogP contribution in [-0.4, -0.2) is 49.3 Å². The van der Waals surface area contributed by atoms with Gasteiger partial charge in [-0.3, -0.25) is 14.4 Å². The lowest BCUT2D eigenvalue weighted by Gasteiger charge is -2.12. The molecule has 2 aromatic rings. The normalized spacial score (nSPS) is 11.4. The quantitative estimate of drug-likeness (QED) is 0.546. The van der Waals surface area contributed by atoms with Crippen LogP contribution in [0.3, 0.4) is 0 Å². The van der Waals surface area contributed by atoms with Crippen molar-refractivity contribution in [2.75, 3.05) is 31.3 Å². The molecule has 0 aromatic heterocycles. The molecule has 2 rings (SSSR count). The largest absolute Gasteiger partial charge is 0.376 e. The van der Waals surface area contributed by atoms with Gasteiger partial charge < -0.3 is 20.9 Å². The summed E-state index contributed by atoms with van der Waals surface area (Å²) in [4.78, 5) is 37.6. The molecule has 0 aliphatic heterocycles. The van der Waals surface area contributed by atoms with Crippen molar-refractivity contribution >= 4 is 29.1 Å². The van der Waals surface area contributed by atoms with Crippen LogP contribution in [0, 0.1) is 0 Å². The summed E-state index contributed by atoms with van der Waals surface area (Å²) in [5.74, 6) is -0.205. The van der Waals surface area contributed by atoms with Gasteiger partial charge in [0, 0.05) is 43.5 Å². The summed E-state index contributed by atoms with van der Waals surface area (Å²) in [5, 5.41) is 8.80. The first kappa shape index (κ1) is 23.9. The number of benzene rings is 2. The third kappa shape index (κ3) is 8.12. The van der Waals surface area contributed by atoms with E-state index in [0.717, 1.165) is 17.7 Å². The fraction of sp³-hybridized carbons (Fsp3) is 0.375. The molecule has 0 spiro atoms. The van der Waals surface area contributed by atoms with Crippen molar-refractivity contribution in [3.8, 4) is 0 Å². The van der Waals surface area contributed by atoms with Crippen LogP contribution in [0.4, 0.5) is 11.4 Å². The minimum absolute atomic E-state index is 0.100. The number of rotatable bonds is 10. The molecular formula is C24H32N4O3. The third-order valence-corrected chi connectivity index (χ3v) is 4.95. The second kappa shape index (κ2) is 11.7. The highest BCUT2D eigenvalue weighted by molar-refractivity contribution is 5.96. The molecule has 0 saturated heterocycles. The van der Waals surface area contributed by atoms with Crippen LogP contribution in [0.1, 0.15) is 42.6 Å². The highest BCUT2D eigenvalue weighted by atomic mass is 16.2. The van der Waals surface area contributed by atoms with Gasteiger partial charge >= 0.3 is 0 Å². The summed E-state index contributed by atoms with van der Waals surface area (Å²) >= 11 is 0. The first-order chi connectivity index (χ1) is 14.8. The summed E-state index contributed by atoms with van der Waals surface area (Å²) in [6.07, 6.45) is 2.02. The number of hydrogen-bond donors (Lipinski definition) is 3. The zero-order valence-electron chi connectivity index (χ0n) is 18.7. The lowest BCUT2D eigenvalue weighted by atomic mass is 10.1. The topological polar surface area (TPSA) is 90.5 Å². The number of hydrogen-bond acceptors (Lipinski definition) is 4. The van der Waals surface area contributed by atoms with Crippen molar-refractivity contribution in [2.24, 2.45) is 0 Å². The molecule has 0 heterocycles. The number of anilines is 2. The van der Waals surface area contributed by atoms with Crippen LogP contribution in [0.5, 0.6) is 0 Å². The van der Waals surface area contributed by atoms with E-state index >= 15 is 0 Å². The predicted molar refractivity (Wildman–Crippen MR) is 124 cm³/mol. The first-order valence-electron chi connectivity index (χ1n) is 10.5. The Labute approximate surface area is 184 Å². The Balaban J connectivity index is 1.78. The highest BCUT2D eigenvalue weighted by Gasteiger charge is 2.09. The van der Waals surface area contributed by atoms with Gasteiger partial charge in [0.2, 0.25) is 11.8 Å². The van der Waals surface area contributed by atoms with Crippen LogP contribution in [-0.2, 0) is 16.0 Å². The van der Waals surface area contributed by atoms with Crippen molar-refractivity contribution in [3.05, 3.63) is 59.7 Å². The zero-order valence-corrected chi connectivity index (χ0v) is 18.7. The lowest BCUT2D eigenvalue weighted by Crippen LogP contribution is -2.31. The summed E-state index contributed by atoms with van der Waals surface area (Å²) in [7, 11) is 3.50. The summed E-state index contributed by atoms with van der Waals surface area (Å²) in [6, 6.07) is 14.6. The van der Waals surface area contributed by atoms with Gasteiger partial charge in [-0.05, 0) is 61.7 Å². The molecule has 0 aliphatic carbocycles. The van der Waals surface area contributed by atoms with Gasteiger partial charge in [-0.1, -0.05) is 19.1 Å². The van der Waals surface area contributed by atoms with Crippen LogP contribution in [0.2, 0.25) is 0 Å². The van der Waals surface area contributed by atoms with Gasteiger partial charge in [0.15, 0.2) is 0 Å². The minimum Gasteiger partial charge on any atom is -0.376 e. The second-order valence-corrected chi connectivity index (χ2v) is 7.75. The van der Waals surface area contributed by atoms with Crippen LogP contribution in [0.25, 0.3) is 0 Å². The standard InChI is InChI=1S/C24H32N4O3/c1-5-17(2)26-24(31)19-9-13-21(14-10-19)27-22(29)16-25-20-11-6-18(7-12-20)8-15-23(30)28(3)4/h6-7,9-14,17,25H,5,8,15-16H2,1-4H3,(H,26,31)(H,27,29). The molecule has 3 N–H and O–H groups in total. The monoisotopic (exact) mass is 424 g/mol. The number of carbonyl (C=O) groups is 3. The first-order valence-corrected chi connectivity index (χ1v) is 10.5. The zero-order chi connectivity index (χ0) is 22.8. The van der Waals surface area contributed by atoms with Crippen molar-refractivity contribution in [1.29, 1.82) is 0 Å². The van der Waals surface area contributed by atoms with Crippen molar-refractivity contribution in [1.82, 2.24) is 10.2 Å². The summed E-state index contributed by atoms with van der Waals surface area (Å²) in [6.45, 7) is 4.09. The van der Waals surface area contributed by atoms with Crippen molar-refractivity contribution in [2.45, 2.75) is 39.2 Å². The SMILES string of the molecule is CCC(C)NC(=O)c1ccc(NC(=O)CNc2ccc(CCC(=O)N(C)C)cc2)cc1. The maximum absolute atomic E-state index is 12.2. The van der Waals surface area contributed by atoms with E-state index in [2.05, 4.69) is 16.0 Å². The third-order valence-electron chi connectivity index (χ3n) is 4.95. The molecule has 0 fully saturated rings. The second-order valence-electron chi connectivity index (χ2n) is 7.75. The minimum atomic E-state index is -0.183. The molecule has 0 saturated carbocycles. The van der Waals surface area contributed by atoms with E-state index in [1.165, 1.54) is 0 Å². The highest BCUT2D eigenvalue weighted by Crippen LogP contribution is 2.13. The maximum Gasteiger partial charge on any atom is 0.251 e. The Bertz CT molecular complexity index is 877. The van der Waals surface area contributed by atoms with Gasteiger partial charge in [0.05, 0.1) is 6.54 Å². The summed E-state index contributed by atoms with van der Waals surface area (Å²) < 4.78 is 0. The van der Waals surface area contributed by atoms with E-state index in [1.54, 1.807) is 43.3 Å². The van der Waals surface area contributed by atoms with E-state index in [0.29, 0.717) is 24.1 Å². The molecular weight excluding hydrogens is 392 g/mol. The van der Waals surface area contributed by atoms with Gasteiger partial charge in [-0.25, -0.2) is 0 Å². The number of nitrogens with one attached hydrogen (secondary N) is 3. The van der Waals surface area contributed by atoms with E-state index in [1.807, 2.05) is 38.1 Å². The Hall–Kier alpha value is -3.35. The maximum atomic E-state index is 12.2. The Morgan fingerprint density at radius 1 is 0.935 bits per heavy atom. The molecule has 31 heavy (non-hydrogen) atoms. The smallest absolute Gasteiger partial charge is 0.251 e. The van der Waals surface area contributed by atoms with Gasteiger partial charge in [-0.15, -0.1) is 0 Å². The average Bonchev–Trinajstić information content (AvgIpc) is 2.76. The molecule has 1 atom stereocenters. The summed E-state index contributed by atoms with van der Waals surface area (Å²) in [5.41, 5.74) is 3.09. The van der Waals surface area contributed by atoms with Crippen molar-refractivity contribution in [3.63, 3.8) is 0 Å². The Kier molecular flexibility index (Phi) is 9.06. The molecule has 7 nitrogen and oxygen atoms in total. The number of nitrogens with zero attached hydrogens (tertiary/aromatic N) is 1. The van der Waals surface area contributed by atoms with E-state index in [4.69, 9.17) is 0 Å². The van der Waals surface area contributed by atoms with Crippen molar-refractivity contribution < 1.29 is 14.4 Å². The number of amides is 3. The average molecular weight is 425 g/mol. The van der Waals surface area contributed by atoms with Crippen LogP contribution in [0.15, 0.2) is 48.5 Å². The fourth-order valence-corrected chi connectivity index (χ4v) is 2.77. The predicted octanol–water partition coefficient (Wildman–Crippen LogP) is 3.29. The number of aryl methyl sites for hydroxylation is 1. The molecule has 2 aromatic carbocycles. The van der Waals surface area contributed by atoms with Crippen LogP contribution < -0.4 is 16.0 Å². The van der Waals surface area contributed by atoms with E-state index in [-0.39, 0.29) is 30.3 Å². The molecule has 1 unspecified atom stereocenters. The lowest BCUT2D eigenvalue weighted by molar-refractivity contribution is -0.128.